The van der Waals surface area contributed by atoms with E-state index in [0.717, 1.165) is 25.2 Å². The topological polar surface area (TPSA) is 67.8 Å². The molecule has 0 fully saturated rings. The molecule has 0 bridgehead atoms. The van der Waals surface area contributed by atoms with E-state index in [1.54, 1.807) is 24.3 Å². The first-order valence-corrected chi connectivity index (χ1v) is 6.66. The third-order valence-electron chi connectivity index (χ3n) is 3.35. The normalized spacial score (nSPS) is 18.1. The summed E-state index contributed by atoms with van der Waals surface area (Å²) in [6, 6.07) is 6.37. The summed E-state index contributed by atoms with van der Waals surface area (Å²) in [6.45, 7) is 2.82. The molecule has 1 aliphatic heterocycles. The molecule has 5 heteroatoms. The maximum atomic E-state index is 12.1. The number of esters is 1. The third-order valence-corrected chi connectivity index (χ3v) is 3.35. The average molecular weight is 274 g/mol. The molecule has 1 heterocycles. The first-order chi connectivity index (χ1) is 9.61. The van der Waals surface area contributed by atoms with E-state index >= 15 is 0 Å². The lowest BCUT2D eigenvalue weighted by Gasteiger charge is -2.19. The van der Waals surface area contributed by atoms with Crippen LogP contribution in [0.2, 0.25) is 0 Å². The Morgan fingerprint density at radius 3 is 2.50 bits per heavy atom. The summed E-state index contributed by atoms with van der Waals surface area (Å²) >= 11 is 0. The predicted molar refractivity (Wildman–Crippen MR) is 75.9 cm³/mol. The number of nitrogens with zero attached hydrogens (tertiary/aromatic N) is 1. The van der Waals surface area contributed by atoms with Crippen LogP contribution in [0.15, 0.2) is 29.3 Å². The van der Waals surface area contributed by atoms with Crippen LogP contribution in [0.5, 0.6) is 0 Å². The van der Waals surface area contributed by atoms with Gasteiger partial charge >= 0.3 is 5.97 Å². The number of carbonyl (C=O) groups excluding carboxylic acids is 2. The van der Waals surface area contributed by atoms with Gasteiger partial charge in [-0.3, -0.25) is 9.79 Å². The molecule has 5 nitrogen and oxygen atoms in total. The molecular weight excluding hydrogens is 256 g/mol. The second-order valence-corrected chi connectivity index (χ2v) is 4.83. The molecule has 0 saturated carbocycles. The molecule has 1 aromatic rings. The Labute approximate surface area is 118 Å². The minimum absolute atomic E-state index is 0.200. The minimum Gasteiger partial charge on any atom is -0.465 e. The van der Waals surface area contributed by atoms with E-state index in [-0.39, 0.29) is 11.8 Å². The van der Waals surface area contributed by atoms with Gasteiger partial charge in [0.1, 0.15) is 5.84 Å². The third kappa shape index (κ3) is 3.23. The van der Waals surface area contributed by atoms with Crippen LogP contribution in [0.1, 0.15) is 40.5 Å². The number of amidine groups is 1. The molecule has 0 aliphatic carbocycles. The Hall–Kier alpha value is -2.17. The summed E-state index contributed by atoms with van der Waals surface area (Å²) < 4.78 is 4.61. The standard InChI is InChI=1S/C15H18N2O3/c1-10-4-3-9-16-13(10)17-14(18)11-5-7-12(8-6-11)15(19)20-2/h5-8,10H,3-4,9H2,1-2H3,(H,16,17,18). The maximum absolute atomic E-state index is 12.1. The Balaban J connectivity index is 2.06. The van der Waals surface area contributed by atoms with Crippen LogP contribution in [0, 0.1) is 5.92 Å². The number of benzene rings is 1. The fraction of sp³-hybridized carbons (Fsp3) is 0.400. The molecule has 1 amide bonds. The molecule has 1 unspecified atom stereocenters. The first kappa shape index (κ1) is 14.2. The van der Waals surface area contributed by atoms with Gasteiger partial charge in [-0.05, 0) is 37.1 Å². The van der Waals surface area contributed by atoms with Crippen LogP contribution >= 0.6 is 0 Å². The van der Waals surface area contributed by atoms with Crippen molar-refractivity contribution in [3.63, 3.8) is 0 Å². The van der Waals surface area contributed by atoms with Crippen molar-refractivity contribution < 1.29 is 14.3 Å². The highest BCUT2D eigenvalue weighted by molar-refractivity contribution is 6.07. The summed E-state index contributed by atoms with van der Waals surface area (Å²) in [5, 5.41) is 2.84. The van der Waals surface area contributed by atoms with Crippen LogP contribution in [0.3, 0.4) is 0 Å². The quantitative estimate of drug-likeness (QED) is 0.839. The SMILES string of the molecule is COC(=O)c1ccc(C(=O)NC2=NCCCC2C)cc1. The highest BCUT2D eigenvalue weighted by Crippen LogP contribution is 2.13. The molecule has 0 spiro atoms. The lowest BCUT2D eigenvalue weighted by molar-refractivity contribution is 0.0600. The highest BCUT2D eigenvalue weighted by Gasteiger charge is 2.17. The molecule has 0 radical (unpaired) electrons. The number of hydrogen-bond acceptors (Lipinski definition) is 4. The van der Waals surface area contributed by atoms with Crippen LogP contribution < -0.4 is 5.32 Å². The molecule has 0 aromatic heterocycles. The number of aliphatic imine (C=N–C) groups is 1. The van der Waals surface area contributed by atoms with E-state index in [4.69, 9.17) is 0 Å². The Morgan fingerprint density at radius 1 is 1.25 bits per heavy atom. The number of ether oxygens (including phenoxy) is 1. The molecule has 1 atom stereocenters. The Bertz CT molecular complexity index is 535. The van der Waals surface area contributed by atoms with Crippen molar-refractivity contribution in [1.29, 1.82) is 0 Å². The Morgan fingerprint density at radius 2 is 1.90 bits per heavy atom. The minimum atomic E-state index is -0.415. The predicted octanol–water partition coefficient (Wildman–Crippen LogP) is 2.03. The van der Waals surface area contributed by atoms with Gasteiger partial charge in [0.2, 0.25) is 0 Å². The van der Waals surface area contributed by atoms with Crippen molar-refractivity contribution >= 4 is 17.7 Å². The zero-order chi connectivity index (χ0) is 14.5. The van der Waals surface area contributed by atoms with Gasteiger partial charge in [-0.1, -0.05) is 6.92 Å². The molecule has 1 aliphatic rings. The fourth-order valence-corrected chi connectivity index (χ4v) is 2.12. The summed E-state index contributed by atoms with van der Waals surface area (Å²) in [4.78, 5) is 27.8. The first-order valence-electron chi connectivity index (χ1n) is 6.66. The monoisotopic (exact) mass is 274 g/mol. The molecule has 2 rings (SSSR count). The van der Waals surface area contributed by atoms with Crippen molar-refractivity contribution in [3.8, 4) is 0 Å². The largest absolute Gasteiger partial charge is 0.465 e. The average Bonchev–Trinajstić information content (AvgIpc) is 2.49. The van der Waals surface area contributed by atoms with Gasteiger partial charge in [-0.2, -0.15) is 0 Å². The molecular formula is C15H18N2O3. The van der Waals surface area contributed by atoms with Crippen LogP contribution in [0.4, 0.5) is 0 Å². The van der Waals surface area contributed by atoms with Crippen molar-refractivity contribution in [3.05, 3.63) is 35.4 Å². The second kappa shape index (κ2) is 6.32. The van der Waals surface area contributed by atoms with Crippen LogP contribution in [0.25, 0.3) is 0 Å². The molecule has 106 valence electrons. The number of hydrogen-bond donors (Lipinski definition) is 1. The highest BCUT2D eigenvalue weighted by atomic mass is 16.5. The van der Waals surface area contributed by atoms with Crippen molar-refractivity contribution in [1.82, 2.24) is 5.32 Å². The van der Waals surface area contributed by atoms with Gasteiger partial charge < -0.3 is 10.1 Å². The second-order valence-electron chi connectivity index (χ2n) is 4.83. The maximum Gasteiger partial charge on any atom is 0.337 e. The van der Waals surface area contributed by atoms with Gasteiger partial charge in [-0.25, -0.2) is 4.79 Å². The van der Waals surface area contributed by atoms with Crippen LogP contribution in [-0.2, 0) is 4.74 Å². The number of nitrogens with one attached hydrogen (secondary N) is 1. The number of carbonyl (C=O) groups is 2. The molecule has 20 heavy (non-hydrogen) atoms. The van der Waals surface area contributed by atoms with Gasteiger partial charge in [0, 0.05) is 18.0 Å². The van der Waals surface area contributed by atoms with Crippen LogP contribution in [-0.4, -0.2) is 31.4 Å². The van der Waals surface area contributed by atoms with Crippen molar-refractivity contribution in [2.45, 2.75) is 19.8 Å². The van der Waals surface area contributed by atoms with Gasteiger partial charge in [-0.15, -0.1) is 0 Å². The van der Waals surface area contributed by atoms with Gasteiger partial charge in [0.25, 0.3) is 5.91 Å². The summed E-state index contributed by atoms with van der Waals surface area (Å²) in [7, 11) is 1.32. The van der Waals surface area contributed by atoms with E-state index < -0.39 is 5.97 Å². The molecule has 1 N–H and O–H groups in total. The van der Waals surface area contributed by atoms with E-state index in [9.17, 15) is 9.59 Å². The number of methoxy groups -OCH3 is 1. The van der Waals surface area contributed by atoms with E-state index in [2.05, 4.69) is 22.0 Å². The lowest BCUT2D eigenvalue weighted by atomic mass is 10.0. The summed E-state index contributed by atoms with van der Waals surface area (Å²) in [5.74, 6) is 0.413. The number of rotatable bonds is 2. The molecule has 1 aromatic carbocycles. The van der Waals surface area contributed by atoms with Gasteiger partial charge in [0.05, 0.1) is 12.7 Å². The fourth-order valence-electron chi connectivity index (χ4n) is 2.12. The molecule has 0 saturated heterocycles. The van der Waals surface area contributed by atoms with Crippen molar-refractivity contribution in [2.75, 3.05) is 13.7 Å². The van der Waals surface area contributed by atoms with E-state index in [1.807, 2.05) is 0 Å². The zero-order valence-corrected chi connectivity index (χ0v) is 11.7. The summed E-state index contributed by atoms with van der Waals surface area (Å²) in [5.41, 5.74) is 0.922. The number of amides is 1. The summed E-state index contributed by atoms with van der Waals surface area (Å²) in [6.07, 6.45) is 2.11. The zero-order valence-electron chi connectivity index (χ0n) is 11.7. The van der Waals surface area contributed by atoms with Crippen molar-refractivity contribution in [2.24, 2.45) is 10.9 Å². The van der Waals surface area contributed by atoms with Gasteiger partial charge in [0.15, 0.2) is 0 Å². The van der Waals surface area contributed by atoms with E-state index in [0.29, 0.717) is 11.1 Å². The Kier molecular flexibility index (Phi) is 4.50. The van der Waals surface area contributed by atoms with E-state index in [1.165, 1.54) is 7.11 Å². The lowest BCUT2D eigenvalue weighted by Crippen LogP contribution is -2.36. The smallest absolute Gasteiger partial charge is 0.337 e.